The number of nitrogens with two attached hydrogens (primary N) is 1. The molecule has 8 heteroatoms. The predicted molar refractivity (Wildman–Crippen MR) is 146 cm³/mol. The number of unbranched alkanes of at least 4 members (excludes halogenated alkanes) is 3. The van der Waals surface area contributed by atoms with Gasteiger partial charge in [0.1, 0.15) is 5.75 Å². The summed E-state index contributed by atoms with van der Waals surface area (Å²) in [6.07, 6.45) is 2.95. The quantitative estimate of drug-likeness (QED) is 0.133. The maximum absolute atomic E-state index is 12.1. The molecular formula is C28H32Cl2N2O4. The molecule has 3 aromatic rings. The Morgan fingerprint density at radius 3 is 2.36 bits per heavy atom. The number of benzene rings is 3. The van der Waals surface area contributed by atoms with Gasteiger partial charge >= 0.3 is 5.97 Å². The SMILES string of the molecule is Nc1c(Cl)cc(C(O)CNCCCCCCOC(=O)COc2ccccc2-c2ccccc2)cc1Cl. The van der Waals surface area contributed by atoms with Crippen molar-refractivity contribution in [1.82, 2.24) is 5.32 Å². The highest BCUT2D eigenvalue weighted by molar-refractivity contribution is 6.38. The predicted octanol–water partition coefficient (Wildman–Crippen LogP) is 6.05. The van der Waals surface area contributed by atoms with Crippen molar-refractivity contribution in [2.75, 3.05) is 32.0 Å². The molecule has 0 fully saturated rings. The van der Waals surface area contributed by atoms with Crippen LogP contribution in [0.3, 0.4) is 0 Å². The molecule has 0 spiro atoms. The van der Waals surface area contributed by atoms with Gasteiger partial charge < -0.3 is 25.6 Å². The molecule has 4 N–H and O–H groups in total. The summed E-state index contributed by atoms with van der Waals surface area (Å²) in [6, 6.07) is 20.8. The summed E-state index contributed by atoms with van der Waals surface area (Å²) in [7, 11) is 0. The fourth-order valence-electron chi connectivity index (χ4n) is 3.67. The third-order valence-corrected chi connectivity index (χ3v) is 6.28. The van der Waals surface area contributed by atoms with E-state index in [-0.39, 0.29) is 12.6 Å². The second-order valence-electron chi connectivity index (χ2n) is 8.40. The standard InChI is InChI=1S/C28H32Cl2N2O4/c29-23-16-21(17-24(30)28(23)31)25(33)18-32-14-8-1-2-9-15-35-27(34)19-36-26-13-7-6-12-22(26)20-10-4-3-5-11-20/h3-7,10-13,16-17,25,32-33H,1-2,8-9,14-15,18-19,31H2. The Hall–Kier alpha value is -2.77. The highest BCUT2D eigenvalue weighted by Crippen LogP contribution is 2.31. The van der Waals surface area contributed by atoms with Gasteiger partial charge in [0.15, 0.2) is 6.61 Å². The molecule has 1 unspecified atom stereocenters. The average molecular weight is 531 g/mol. The second kappa shape index (κ2) is 14.7. The molecule has 0 bridgehead atoms. The Morgan fingerprint density at radius 1 is 0.944 bits per heavy atom. The van der Waals surface area contributed by atoms with Gasteiger partial charge in [-0.2, -0.15) is 0 Å². The molecule has 0 aliphatic carbocycles. The van der Waals surface area contributed by atoms with Crippen LogP contribution < -0.4 is 15.8 Å². The number of carbonyl (C=O) groups is 1. The lowest BCUT2D eigenvalue weighted by atomic mass is 10.1. The molecule has 0 aliphatic heterocycles. The molecule has 0 amide bonds. The van der Waals surface area contributed by atoms with Crippen LogP contribution in [0.1, 0.15) is 37.4 Å². The highest BCUT2D eigenvalue weighted by Gasteiger charge is 2.12. The van der Waals surface area contributed by atoms with E-state index in [2.05, 4.69) is 5.32 Å². The largest absolute Gasteiger partial charge is 0.481 e. The zero-order chi connectivity index (χ0) is 25.8. The van der Waals surface area contributed by atoms with E-state index in [1.165, 1.54) is 0 Å². The van der Waals surface area contributed by atoms with Gasteiger partial charge in [0, 0.05) is 12.1 Å². The van der Waals surface area contributed by atoms with Gasteiger partial charge in [0.2, 0.25) is 0 Å². The van der Waals surface area contributed by atoms with Gasteiger partial charge in [-0.15, -0.1) is 0 Å². The Bertz CT molecular complexity index is 1090. The topological polar surface area (TPSA) is 93.8 Å². The van der Waals surface area contributed by atoms with Crippen molar-refractivity contribution in [3.63, 3.8) is 0 Å². The van der Waals surface area contributed by atoms with Gasteiger partial charge in [0.05, 0.1) is 28.4 Å². The molecule has 36 heavy (non-hydrogen) atoms. The third kappa shape index (κ3) is 8.71. The van der Waals surface area contributed by atoms with Crippen molar-refractivity contribution in [3.05, 3.63) is 82.3 Å². The molecule has 0 saturated carbocycles. The van der Waals surface area contributed by atoms with E-state index in [0.29, 0.717) is 40.2 Å². The number of nitrogen functional groups attached to an aromatic ring is 1. The minimum atomic E-state index is -0.720. The minimum Gasteiger partial charge on any atom is -0.481 e. The number of nitrogens with one attached hydrogen (secondary N) is 1. The van der Waals surface area contributed by atoms with E-state index in [9.17, 15) is 9.90 Å². The Balaban J connectivity index is 1.24. The minimum absolute atomic E-state index is 0.124. The number of halogens is 2. The second-order valence-corrected chi connectivity index (χ2v) is 9.22. The maximum Gasteiger partial charge on any atom is 0.344 e. The van der Waals surface area contributed by atoms with Crippen LogP contribution in [0.2, 0.25) is 10.0 Å². The number of anilines is 1. The number of aliphatic hydroxyl groups is 1. The molecule has 1 atom stereocenters. The van der Waals surface area contributed by atoms with Crippen LogP contribution in [0.5, 0.6) is 5.75 Å². The molecule has 0 aromatic heterocycles. The zero-order valence-corrected chi connectivity index (χ0v) is 21.6. The molecule has 192 valence electrons. The first-order chi connectivity index (χ1) is 17.5. The number of rotatable bonds is 14. The monoisotopic (exact) mass is 530 g/mol. The lowest BCUT2D eigenvalue weighted by Crippen LogP contribution is -2.22. The van der Waals surface area contributed by atoms with E-state index < -0.39 is 6.10 Å². The van der Waals surface area contributed by atoms with Gasteiger partial charge in [-0.25, -0.2) is 4.79 Å². The van der Waals surface area contributed by atoms with Gasteiger partial charge in [-0.1, -0.05) is 84.6 Å². The fourth-order valence-corrected chi connectivity index (χ4v) is 4.18. The Morgan fingerprint density at radius 2 is 1.61 bits per heavy atom. The van der Waals surface area contributed by atoms with Crippen molar-refractivity contribution in [2.45, 2.75) is 31.8 Å². The van der Waals surface area contributed by atoms with Crippen molar-refractivity contribution in [1.29, 1.82) is 0 Å². The maximum atomic E-state index is 12.1. The zero-order valence-electron chi connectivity index (χ0n) is 20.1. The average Bonchev–Trinajstić information content (AvgIpc) is 2.89. The van der Waals surface area contributed by atoms with Crippen LogP contribution in [0.4, 0.5) is 5.69 Å². The molecule has 6 nitrogen and oxygen atoms in total. The van der Waals surface area contributed by atoms with Gasteiger partial charge in [-0.3, -0.25) is 0 Å². The van der Waals surface area contributed by atoms with Crippen molar-refractivity contribution in [2.24, 2.45) is 0 Å². The van der Waals surface area contributed by atoms with E-state index in [1.54, 1.807) is 12.1 Å². The number of para-hydroxylation sites is 1. The first-order valence-electron chi connectivity index (χ1n) is 12.0. The highest BCUT2D eigenvalue weighted by atomic mass is 35.5. The molecule has 0 saturated heterocycles. The summed E-state index contributed by atoms with van der Waals surface area (Å²) in [6.45, 7) is 1.40. The van der Waals surface area contributed by atoms with Crippen LogP contribution in [-0.4, -0.2) is 37.4 Å². The summed E-state index contributed by atoms with van der Waals surface area (Å²) in [5.41, 5.74) is 8.64. The lowest BCUT2D eigenvalue weighted by Gasteiger charge is -2.14. The van der Waals surface area contributed by atoms with Crippen LogP contribution in [-0.2, 0) is 9.53 Å². The molecule has 3 aromatic carbocycles. The summed E-state index contributed by atoms with van der Waals surface area (Å²) in [5, 5.41) is 14.2. The van der Waals surface area contributed by atoms with Crippen LogP contribution in [0.15, 0.2) is 66.7 Å². The third-order valence-electron chi connectivity index (χ3n) is 5.65. The van der Waals surface area contributed by atoms with E-state index in [4.69, 9.17) is 38.4 Å². The van der Waals surface area contributed by atoms with Gasteiger partial charge in [0.25, 0.3) is 0 Å². The number of hydrogen-bond donors (Lipinski definition) is 3. The summed E-state index contributed by atoms with van der Waals surface area (Å²) >= 11 is 12.0. The summed E-state index contributed by atoms with van der Waals surface area (Å²) < 4.78 is 11.0. The number of ether oxygens (including phenoxy) is 2. The van der Waals surface area contributed by atoms with Crippen LogP contribution >= 0.6 is 23.2 Å². The summed E-state index contributed by atoms with van der Waals surface area (Å²) in [5.74, 6) is 0.275. The molecule has 0 heterocycles. The summed E-state index contributed by atoms with van der Waals surface area (Å²) in [4.78, 5) is 12.1. The van der Waals surface area contributed by atoms with Crippen molar-refractivity contribution >= 4 is 34.9 Å². The van der Waals surface area contributed by atoms with Crippen molar-refractivity contribution in [3.8, 4) is 16.9 Å². The van der Waals surface area contributed by atoms with Crippen LogP contribution in [0, 0.1) is 0 Å². The normalized spacial score (nSPS) is 11.8. The van der Waals surface area contributed by atoms with Gasteiger partial charge in [-0.05, 0) is 48.7 Å². The molecule has 0 aliphatic rings. The number of aliphatic hydroxyl groups excluding tert-OH is 1. The first-order valence-corrected chi connectivity index (χ1v) is 12.8. The van der Waals surface area contributed by atoms with E-state index in [0.717, 1.165) is 43.4 Å². The Labute approximate surface area is 222 Å². The number of esters is 1. The van der Waals surface area contributed by atoms with Crippen molar-refractivity contribution < 1.29 is 19.4 Å². The fraction of sp³-hybridized carbons (Fsp3) is 0.321. The lowest BCUT2D eigenvalue weighted by molar-refractivity contribution is -0.146. The molecular weight excluding hydrogens is 499 g/mol. The van der Waals surface area contributed by atoms with E-state index in [1.807, 2.05) is 54.6 Å². The first kappa shape index (κ1) is 27.8. The van der Waals surface area contributed by atoms with E-state index >= 15 is 0 Å². The van der Waals surface area contributed by atoms with Crippen LogP contribution in [0.25, 0.3) is 11.1 Å². The molecule has 0 radical (unpaired) electrons. The smallest absolute Gasteiger partial charge is 0.344 e. The number of carbonyl (C=O) groups excluding carboxylic acids is 1. The molecule has 3 rings (SSSR count). The number of hydrogen-bond acceptors (Lipinski definition) is 6. The Kier molecular flexibility index (Phi) is 11.4.